The second-order valence-corrected chi connectivity index (χ2v) is 3.77. The van der Waals surface area contributed by atoms with Gasteiger partial charge in [-0.25, -0.2) is 0 Å². The van der Waals surface area contributed by atoms with Crippen molar-refractivity contribution in [3.63, 3.8) is 0 Å². The molecular formula is C7H10BrClN2. The Labute approximate surface area is 79.7 Å². The van der Waals surface area contributed by atoms with Gasteiger partial charge in [0.2, 0.25) is 0 Å². The van der Waals surface area contributed by atoms with Crippen LogP contribution in [0, 0.1) is 0 Å². The van der Waals surface area contributed by atoms with Crippen LogP contribution in [0.3, 0.4) is 0 Å². The molecule has 0 saturated carbocycles. The smallest absolute Gasteiger partial charge is 0.115 e. The lowest BCUT2D eigenvalue weighted by atomic mass is 10.1. The largest absolute Gasteiger partial charge is 0.256 e. The maximum absolute atomic E-state index is 5.60. The first kappa shape index (κ1) is 9.07. The lowest BCUT2D eigenvalue weighted by Gasteiger charge is -1.98. The molecule has 0 saturated heterocycles. The topological polar surface area (TPSA) is 17.8 Å². The Morgan fingerprint density at radius 2 is 2.36 bits per heavy atom. The molecule has 0 fully saturated rings. The van der Waals surface area contributed by atoms with Crippen LogP contribution in [0.25, 0.3) is 0 Å². The third-order valence-electron chi connectivity index (χ3n) is 1.41. The number of hydrogen-bond donors (Lipinski definition) is 0. The summed E-state index contributed by atoms with van der Waals surface area (Å²) in [6.45, 7) is 4.21. The summed E-state index contributed by atoms with van der Waals surface area (Å²) in [7, 11) is 0. The van der Waals surface area contributed by atoms with E-state index in [9.17, 15) is 0 Å². The molecule has 0 N–H and O–H groups in total. The Morgan fingerprint density at radius 3 is 2.64 bits per heavy atom. The first-order chi connectivity index (χ1) is 5.15. The standard InChI is InChI=1S/C7H10BrClN2/c1-5(2)7-6(8)3-11(4-9)10-7/h3,5H,4H2,1-2H3. The zero-order valence-corrected chi connectivity index (χ0v) is 8.85. The second kappa shape index (κ2) is 3.59. The first-order valence-corrected chi connectivity index (χ1v) is 4.76. The van der Waals surface area contributed by atoms with Crippen molar-refractivity contribution in [1.29, 1.82) is 0 Å². The van der Waals surface area contributed by atoms with Gasteiger partial charge in [0.05, 0.1) is 10.2 Å². The molecule has 0 aliphatic rings. The molecule has 1 heterocycles. The summed E-state index contributed by atoms with van der Waals surface area (Å²) in [6, 6.07) is 0.408. The Bertz CT molecular complexity index is 245. The average molecular weight is 238 g/mol. The molecule has 0 radical (unpaired) electrons. The number of aromatic nitrogens is 2. The van der Waals surface area contributed by atoms with Gasteiger partial charge in [0, 0.05) is 6.20 Å². The van der Waals surface area contributed by atoms with Crippen molar-refractivity contribution in [2.75, 3.05) is 0 Å². The van der Waals surface area contributed by atoms with Crippen LogP contribution in [0.1, 0.15) is 25.5 Å². The van der Waals surface area contributed by atoms with Crippen LogP contribution in [0.2, 0.25) is 0 Å². The number of nitrogens with zero attached hydrogens (tertiary/aromatic N) is 2. The highest BCUT2D eigenvalue weighted by atomic mass is 79.9. The summed E-state index contributed by atoms with van der Waals surface area (Å²) in [6.07, 6.45) is 1.89. The summed E-state index contributed by atoms with van der Waals surface area (Å²) < 4.78 is 2.74. The van der Waals surface area contributed by atoms with Gasteiger partial charge >= 0.3 is 0 Å². The fourth-order valence-electron chi connectivity index (χ4n) is 0.864. The molecule has 1 rings (SSSR count). The van der Waals surface area contributed by atoms with Crippen LogP contribution < -0.4 is 0 Å². The summed E-state index contributed by atoms with van der Waals surface area (Å²) >= 11 is 9.01. The van der Waals surface area contributed by atoms with Gasteiger partial charge in [-0.3, -0.25) is 4.68 Å². The van der Waals surface area contributed by atoms with Gasteiger partial charge < -0.3 is 0 Å². The van der Waals surface area contributed by atoms with E-state index in [1.807, 2.05) is 6.20 Å². The monoisotopic (exact) mass is 236 g/mol. The van der Waals surface area contributed by atoms with E-state index < -0.39 is 0 Å². The fraction of sp³-hybridized carbons (Fsp3) is 0.571. The SMILES string of the molecule is CC(C)c1nn(CCl)cc1Br. The van der Waals surface area contributed by atoms with Crippen molar-refractivity contribution in [2.24, 2.45) is 0 Å². The maximum Gasteiger partial charge on any atom is 0.115 e. The molecule has 4 heteroatoms. The Kier molecular flexibility index (Phi) is 2.96. The normalized spacial score (nSPS) is 11.0. The van der Waals surface area contributed by atoms with E-state index in [2.05, 4.69) is 34.9 Å². The quantitative estimate of drug-likeness (QED) is 0.723. The summed E-state index contributed by atoms with van der Waals surface area (Å²) in [5, 5.41) is 4.27. The van der Waals surface area contributed by atoms with E-state index in [1.54, 1.807) is 4.68 Å². The van der Waals surface area contributed by atoms with Gasteiger partial charge in [0.25, 0.3) is 0 Å². The highest BCUT2D eigenvalue weighted by molar-refractivity contribution is 9.10. The summed E-state index contributed by atoms with van der Waals surface area (Å²) in [5.41, 5.74) is 1.06. The van der Waals surface area contributed by atoms with Gasteiger partial charge in [0.15, 0.2) is 0 Å². The zero-order valence-electron chi connectivity index (χ0n) is 6.51. The predicted molar refractivity (Wildman–Crippen MR) is 49.9 cm³/mol. The minimum atomic E-state index is 0.408. The zero-order chi connectivity index (χ0) is 8.43. The van der Waals surface area contributed by atoms with Crippen molar-refractivity contribution < 1.29 is 0 Å². The molecule has 0 aromatic carbocycles. The van der Waals surface area contributed by atoms with Crippen LogP contribution in [-0.4, -0.2) is 9.78 Å². The number of alkyl halides is 1. The molecule has 1 aromatic heterocycles. The van der Waals surface area contributed by atoms with Gasteiger partial charge in [-0.15, -0.1) is 11.6 Å². The molecule has 0 spiro atoms. The minimum Gasteiger partial charge on any atom is -0.256 e. The van der Waals surface area contributed by atoms with E-state index in [-0.39, 0.29) is 0 Å². The van der Waals surface area contributed by atoms with Crippen LogP contribution in [-0.2, 0) is 6.00 Å². The third-order valence-corrected chi connectivity index (χ3v) is 2.27. The molecule has 0 unspecified atom stereocenters. The fourth-order valence-corrected chi connectivity index (χ4v) is 1.76. The van der Waals surface area contributed by atoms with Crippen LogP contribution in [0.5, 0.6) is 0 Å². The lowest BCUT2D eigenvalue weighted by molar-refractivity contribution is 0.698. The third kappa shape index (κ3) is 1.97. The minimum absolute atomic E-state index is 0.408. The summed E-state index contributed by atoms with van der Waals surface area (Å²) in [5.74, 6) is 0.439. The van der Waals surface area contributed by atoms with Crippen LogP contribution >= 0.6 is 27.5 Å². The molecule has 0 atom stereocenters. The molecule has 11 heavy (non-hydrogen) atoms. The second-order valence-electron chi connectivity index (χ2n) is 2.68. The molecule has 0 bridgehead atoms. The Balaban J connectivity index is 2.97. The van der Waals surface area contributed by atoms with E-state index in [4.69, 9.17) is 11.6 Å². The first-order valence-electron chi connectivity index (χ1n) is 3.44. The molecule has 1 aromatic rings. The molecule has 0 aliphatic heterocycles. The maximum atomic E-state index is 5.60. The summed E-state index contributed by atoms with van der Waals surface area (Å²) in [4.78, 5) is 0. The van der Waals surface area contributed by atoms with Gasteiger partial charge in [-0.1, -0.05) is 13.8 Å². The molecule has 62 valence electrons. The average Bonchev–Trinajstić information content (AvgIpc) is 2.30. The van der Waals surface area contributed by atoms with E-state index >= 15 is 0 Å². The van der Waals surface area contributed by atoms with Crippen molar-refractivity contribution in [3.8, 4) is 0 Å². The van der Waals surface area contributed by atoms with Crippen LogP contribution in [0.15, 0.2) is 10.7 Å². The molecular weight excluding hydrogens is 227 g/mol. The number of hydrogen-bond acceptors (Lipinski definition) is 1. The van der Waals surface area contributed by atoms with Gasteiger partial charge in [-0.05, 0) is 21.8 Å². The van der Waals surface area contributed by atoms with Crippen molar-refractivity contribution >= 4 is 27.5 Å². The Morgan fingerprint density at radius 1 is 1.73 bits per heavy atom. The predicted octanol–water partition coefficient (Wildman–Crippen LogP) is 2.97. The molecule has 0 amide bonds. The van der Waals surface area contributed by atoms with Gasteiger partial charge in [-0.2, -0.15) is 5.10 Å². The highest BCUT2D eigenvalue weighted by Gasteiger charge is 2.08. The number of rotatable bonds is 2. The highest BCUT2D eigenvalue weighted by Crippen LogP contribution is 2.22. The van der Waals surface area contributed by atoms with Gasteiger partial charge in [0.1, 0.15) is 6.00 Å². The van der Waals surface area contributed by atoms with Crippen molar-refractivity contribution in [2.45, 2.75) is 25.8 Å². The van der Waals surface area contributed by atoms with Crippen molar-refractivity contribution in [3.05, 3.63) is 16.4 Å². The molecule has 2 nitrogen and oxygen atoms in total. The lowest BCUT2D eigenvalue weighted by Crippen LogP contribution is -1.95. The Hall–Kier alpha value is -0.0200. The van der Waals surface area contributed by atoms with Crippen LogP contribution in [0.4, 0.5) is 0 Å². The van der Waals surface area contributed by atoms with E-state index in [0.717, 1.165) is 10.2 Å². The van der Waals surface area contributed by atoms with E-state index in [1.165, 1.54) is 0 Å². The van der Waals surface area contributed by atoms with Crippen molar-refractivity contribution in [1.82, 2.24) is 9.78 Å². The molecule has 0 aliphatic carbocycles. The number of halogens is 2. The van der Waals surface area contributed by atoms with E-state index in [0.29, 0.717) is 11.9 Å².